The first-order valence-corrected chi connectivity index (χ1v) is 26.0. The van der Waals surface area contributed by atoms with Gasteiger partial charge in [-0.1, -0.05) is 0 Å². The molecule has 2 N–H and O–H groups in total. The number of ether oxygens (including phenoxy) is 3. The minimum Gasteiger partial charge on any atom is -0.445 e. The molecule has 2 aliphatic carbocycles. The zero-order valence-corrected chi connectivity index (χ0v) is 34.9. The summed E-state index contributed by atoms with van der Waals surface area (Å²) in [5, 5.41) is 0. The highest BCUT2D eigenvalue weighted by Gasteiger charge is 2.96. The minimum absolute atomic E-state index is 0. The molecule has 0 aromatic heterocycles. The summed E-state index contributed by atoms with van der Waals surface area (Å²) in [5.74, 6) is -49.9. The fraction of sp³-hybridized carbons (Fsp3) is 0.667. The summed E-state index contributed by atoms with van der Waals surface area (Å²) in [6, 6.07) is 0. The van der Waals surface area contributed by atoms with Gasteiger partial charge in [0, 0.05) is 0 Å². The molecule has 0 heterocycles. The molecule has 0 bridgehead atoms. The van der Waals surface area contributed by atoms with Crippen molar-refractivity contribution in [3.8, 4) is 0 Å². The molecule has 0 aliphatic heterocycles. The lowest BCUT2D eigenvalue weighted by atomic mass is 9.91. The van der Waals surface area contributed by atoms with E-state index in [1.165, 1.54) is 0 Å². The van der Waals surface area contributed by atoms with E-state index in [1.807, 2.05) is 0 Å². The van der Waals surface area contributed by atoms with E-state index in [1.54, 1.807) is 0 Å². The van der Waals surface area contributed by atoms with Crippen molar-refractivity contribution in [1.82, 2.24) is 0 Å². The first kappa shape index (κ1) is 59.1. The van der Waals surface area contributed by atoms with Crippen LogP contribution in [0.25, 0.3) is 0 Å². The molecule has 0 radical (unpaired) electrons. The van der Waals surface area contributed by atoms with Gasteiger partial charge in [0.1, 0.15) is 0 Å². The highest BCUT2D eigenvalue weighted by Crippen LogP contribution is 2.66. The van der Waals surface area contributed by atoms with Gasteiger partial charge < -0.3 is 19.7 Å². The Morgan fingerprint density at radius 2 is 0.422 bits per heavy atom. The Hall–Kier alpha value is -2.92. The van der Waals surface area contributed by atoms with Crippen LogP contribution in [0.1, 0.15) is 0 Å². The Bertz CT molecular complexity index is 2860. The van der Waals surface area contributed by atoms with Gasteiger partial charge in [-0.25, -0.2) is 0 Å². The predicted molar refractivity (Wildman–Crippen MR) is 152 cm³/mol. The van der Waals surface area contributed by atoms with Crippen LogP contribution in [-0.2, 0) is 116 Å². The fourth-order valence-electron chi connectivity index (χ4n) is 4.60. The molecule has 64 heavy (non-hydrogen) atoms. The van der Waals surface area contributed by atoms with Gasteiger partial charge in [-0.2, -0.15) is 119 Å². The van der Waals surface area contributed by atoms with Gasteiger partial charge in [-0.05, 0) is 0 Å². The largest absolute Gasteiger partial charge is 0.445 e. The van der Waals surface area contributed by atoms with Crippen LogP contribution in [0.5, 0.6) is 0 Å². The topological polar surface area (TPSA) is 401 Å². The van der Waals surface area contributed by atoms with Crippen LogP contribution in [0, 0.1) is 0 Å². The molecule has 52 heteroatoms. The van der Waals surface area contributed by atoms with Gasteiger partial charge in [0.2, 0.25) is 23.0 Å². The van der Waals surface area contributed by atoms with Crippen LogP contribution in [-0.4, -0.2) is 129 Å². The standard InChI is InChI=1S/C12F18O23S10.H2O/c13-5(14)1(3(7(5,17)18)52-9(54(21,31)32,55(22,33)34)11(58(25,39)40,59(26,41)42)60(27,43)44)51-2-4(8(19,20)6(2,15)16)53-10(56(23,35)36,57(24,37)38)12(61(28,45)46,62(29,47)48)63(30,49)50;/h;1H2. The van der Waals surface area contributed by atoms with E-state index in [-0.39, 0.29) is 5.48 Å². The number of allylic oxidation sites excluding steroid dienone is 4. The summed E-state index contributed by atoms with van der Waals surface area (Å²) in [4.78, 5) is 0. The molecule has 0 aromatic carbocycles. The SMILES string of the molecule is O.O=S(=O)(F)C(OC1=C(OC2=C(OC(C(S(=O)(=O)F)(S(=O)(=O)F)S(=O)(=O)F)(S(=O)(=O)F)S(=O)(=O)F)C(F)(F)C2(F)F)C(F)(F)C1(F)F)(C(S(=O)(=O)F)(S(=O)(=O)F)S(=O)(=O)F)S(=O)(=O)F. The zero-order valence-electron chi connectivity index (χ0n) is 26.8. The third-order valence-corrected chi connectivity index (χ3v) is 27.8. The van der Waals surface area contributed by atoms with Gasteiger partial charge in [0.05, 0.1) is 0 Å². The second-order valence-corrected chi connectivity index (χ2v) is 27.3. The van der Waals surface area contributed by atoms with Crippen LogP contribution >= 0.6 is 0 Å². The smallest absolute Gasteiger partial charge is 0.431 e. The van der Waals surface area contributed by atoms with Crippen molar-refractivity contribution in [3.63, 3.8) is 0 Å². The van der Waals surface area contributed by atoms with E-state index in [9.17, 15) is 158 Å². The highest BCUT2D eigenvalue weighted by atomic mass is 32.4. The van der Waals surface area contributed by atoms with Crippen molar-refractivity contribution in [3.05, 3.63) is 23.0 Å². The van der Waals surface area contributed by atoms with Crippen LogP contribution in [0.2, 0.25) is 0 Å². The van der Waals surface area contributed by atoms with Gasteiger partial charge in [0.25, 0.3) is 0 Å². The summed E-state index contributed by atoms with van der Waals surface area (Å²) in [5.41, 5.74) is 0. The molecule has 2 rings (SSSR count). The van der Waals surface area contributed by atoms with Crippen LogP contribution in [0.15, 0.2) is 23.0 Å². The Morgan fingerprint density at radius 3 is 0.547 bits per heavy atom. The normalized spacial score (nSPS) is 20.6. The average molecular weight is 1190 g/mol. The summed E-state index contributed by atoms with van der Waals surface area (Å²) < 4.78 is 466. The van der Waals surface area contributed by atoms with E-state index < -0.39 is 164 Å². The van der Waals surface area contributed by atoms with Gasteiger partial charge in [-0.3, -0.25) is 0 Å². The van der Waals surface area contributed by atoms with Crippen molar-refractivity contribution in [2.45, 2.75) is 39.0 Å². The van der Waals surface area contributed by atoms with Crippen LogP contribution < -0.4 is 0 Å². The molecule has 380 valence electrons. The zero-order chi connectivity index (χ0) is 51.4. The molecular formula is C12H2F18O24S10. The third kappa shape index (κ3) is 6.97. The van der Waals surface area contributed by atoms with Gasteiger partial charge in [0.15, 0.2) is 0 Å². The molecule has 0 aromatic rings. The summed E-state index contributed by atoms with van der Waals surface area (Å²) in [6.07, 6.45) is 0. The van der Waals surface area contributed by atoms with Gasteiger partial charge >= 0.3 is 141 Å². The van der Waals surface area contributed by atoms with Crippen molar-refractivity contribution in [2.24, 2.45) is 0 Å². The number of halogens is 18. The summed E-state index contributed by atoms with van der Waals surface area (Å²) >= 11 is 0. The van der Waals surface area contributed by atoms with Crippen molar-refractivity contribution in [2.75, 3.05) is 0 Å². The van der Waals surface area contributed by atoms with Gasteiger partial charge in [-0.15, -0.1) is 38.9 Å². The maximum atomic E-state index is 14.6. The Kier molecular flexibility index (Phi) is 13.4. The number of alkyl halides is 8. The highest BCUT2D eigenvalue weighted by molar-refractivity contribution is 8.25. The van der Waals surface area contributed by atoms with E-state index in [0.29, 0.717) is 0 Å². The van der Waals surface area contributed by atoms with Crippen LogP contribution in [0.3, 0.4) is 0 Å². The molecule has 0 atom stereocenters. The molecule has 24 nitrogen and oxygen atoms in total. The van der Waals surface area contributed by atoms with E-state index in [2.05, 4.69) is 14.2 Å². The molecule has 0 amide bonds. The second-order valence-electron chi connectivity index (χ2n) is 10.5. The lowest BCUT2D eigenvalue weighted by Gasteiger charge is -2.46. The van der Waals surface area contributed by atoms with Crippen molar-refractivity contribution in [1.29, 1.82) is 0 Å². The maximum absolute atomic E-state index is 14.6. The third-order valence-electron chi connectivity index (χ3n) is 6.98. The molecule has 0 saturated heterocycles. The number of hydrogen-bond acceptors (Lipinski definition) is 23. The molecule has 0 saturated carbocycles. The number of rotatable bonds is 18. The van der Waals surface area contributed by atoms with E-state index >= 15 is 0 Å². The lowest BCUT2D eigenvalue weighted by molar-refractivity contribution is -0.273. The Morgan fingerprint density at radius 1 is 0.281 bits per heavy atom. The molecule has 0 unspecified atom stereocenters. The molecule has 0 fully saturated rings. The lowest BCUT2D eigenvalue weighted by Crippen LogP contribution is -2.73. The van der Waals surface area contributed by atoms with Crippen LogP contribution in [0.4, 0.5) is 74.0 Å². The minimum atomic E-state index is -9.67. The van der Waals surface area contributed by atoms with E-state index in [0.717, 1.165) is 0 Å². The average Bonchev–Trinajstić information content (AvgIpc) is 2.91. The summed E-state index contributed by atoms with van der Waals surface area (Å²) in [7, 11) is -96.2. The summed E-state index contributed by atoms with van der Waals surface area (Å²) in [6.45, 7) is 0. The Labute approximate surface area is 340 Å². The monoisotopic (exact) mass is 1190 g/mol. The fourth-order valence-corrected chi connectivity index (χ4v) is 23.3. The second kappa shape index (κ2) is 14.5. The van der Waals surface area contributed by atoms with Crippen molar-refractivity contribution >= 4 is 102 Å². The molecule has 0 spiro atoms. The Balaban J connectivity index is 0.0000205. The van der Waals surface area contributed by atoms with Crippen molar-refractivity contribution < 1.29 is 178 Å². The quantitative estimate of drug-likeness (QED) is 0.115. The first-order chi connectivity index (χ1) is 26.7. The maximum Gasteiger partial charge on any atom is 0.431 e. The first-order valence-electron chi connectivity index (χ1n) is 12.2. The molecular weight excluding hydrogens is 1190 g/mol. The number of hydrogen-bond donors (Lipinski definition) is 0. The van der Waals surface area contributed by atoms with E-state index in [4.69, 9.17) is 0 Å². The molecule has 2 aliphatic rings. The predicted octanol–water partition coefficient (Wildman–Crippen LogP) is -1.19.